The molecule has 0 aliphatic carbocycles. The highest BCUT2D eigenvalue weighted by atomic mass is 32.1. The Morgan fingerprint density at radius 3 is 2.74 bits per heavy atom. The number of aromatic nitrogens is 1. The van der Waals surface area contributed by atoms with Crippen molar-refractivity contribution in [3.8, 4) is 17.4 Å². The van der Waals surface area contributed by atoms with Gasteiger partial charge < -0.3 is 20.6 Å². The van der Waals surface area contributed by atoms with Crippen molar-refractivity contribution in [1.29, 1.82) is 0 Å². The smallest absolute Gasteiger partial charge is 0.311 e. The summed E-state index contributed by atoms with van der Waals surface area (Å²) in [6.07, 6.45) is 3.79. The second-order valence-corrected chi connectivity index (χ2v) is 7.93. The van der Waals surface area contributed by atoms with Crippen molar-refractivity contribution in [1.82, 2.24) is 9.88 Å². The van der Waals surface area contributed by atoms with E-state index in [1.807, 2.05) is 24.3 Å². The van der Waals surface area contributed by atoms with Crippen molar-refractivity contribution < 1.29 is 20.1 Å². The van der Waals surface area contributed by atoms with Crippen LogP contribution in [0, 0.1) is 0 Å². The van der Waals surface area contributed by atoms with Crippen molar-refractivity contribution in [3.63, 3.8) is 0 Å². The number of nitrogens with zero attached hydrogens (tertiary/aromatic N) is 2. The molecule has 4 N–H and O–H groups in total. The van der Waals surface area contributed by atoms with Gasteiger partial charge in [-0.15, -0.1) is 0 Å². The van der Waals surface area contributed by atoms with Gasteiger partial charge in [-0.25, -0.2) is 0 Å². The number of amides is 1. The van der Waals surface area contributed by atoms with E-state index in [1.54, 1.807) is 18.4 Å². The van der Waals surface area contributed by atoms with Crippen molar-refractivity contribution >= 4 is 40.8 Å². The van der Waals surface area contributed by atoms with Gasteiger partial charge in [0, 0.05) is 23.9 Å². The third kappa shape index (κ3) is 4.36. The van der Waals surface area contributed by atoms with Crippen LogP contribution in [-0.2, 0) is 17.8 Å². The standard InChI is InChI=1S/C22H19N3O5S/c26-17-6-5-13(9-18(17)27)7-8-23-20(28)12-25-21(29)19(31-22(25)30)10-14-11-24-16-4-2-1-3-15(14)16/h1-6,9-11,26-27,29H,7-8,12H2,(H,23,28). The van der Waals surface area contributed by atoms with Crippen LogP contribution in [0.4, 0.5) is 5.69 Å². The number of rotatable bonds is 6. The summed E-state index contributed by atoms with van der Waals surface area (Å²) in [4.78, 5) is 28.8. The molecular weight excluding hydrogens is 418 g/mol. The number of aromatic hydroxyl groups is 3. The zero-order valence-electron chi connectivity index (χ0n) is 16.3. The summed E-state index contributed by atoms with van der Waals surface area (Å²) in [7, 11) is 0. The van der Waals surface area contributed by atoms with Crippen LogP contribution < -0.4 is 10.2 Å². The van der Waals surface area contributed by atoms with Crippen molar-refractivity contribution in [2.24, 2.45) is 4.99 Å². The van der Waals surface area contributed by atoms with Gasteiger partial charge in [-0.1, -0.05) is 35.6 Å². The monoisotopic (exact) mass is 437 g/mol. The lowest BCUT2D eigenvalue weighted by molar-refractivity contribution is -0.121. The number of thiazole rings is 1. The van der Waals surface area contributed by atoms with Gasteiger partial charge in [0.25, 0.3) is 0 Å². The fourth-order valence-corrected chi connectivity index (χ4v) is 4.05. The molecule has 2 aromatic carbocycles. The van der Waals surface area contributed by atoms with Gasteiger partial charge in [-0.2, -0.15) is 0 Å². The Hall–Kier alpha value is -3.85. The van der Waals surface area contributed by atoms with Crippen LogP contribution in [0.2, 0.25) is 0 Å². The van der Waals surface area contributed by atoms with E-state index in [0.29, 0.717) is 11.3 Å². The molecule has 4 rings (SSSR count). The highest BCUT2D eigenvalue weighted by Crippen LogP contribution is 2.34. The molecule has 0 saturated heterocycles. The second kappa shape index (κ2) is 8.49. The van der Waals surface area contributed by atoms with E-state index in [9.17, 15) is 24.9 Å². The van der Waals surface area contributed by atoms with Crippen LogP contribution in [-0.4, -0.2) is 38.6 Å². The van der Waals surface area contributed by atoms with Crippen LogP contribution in [0.15, 0.2) is 52.3 Å². The molecular formula is C22H19N3O5S. The molecule has 0 fully saturated rings. The number of allylic oxidation sites excluding steroid dienone is 1. The first-order valence-corrected chi connectivity index (χ1v) is 10.3. The Bertz CT molecular complexity index is 1270. The van der Waals surface area contributed by atoms with Crippen molar-refractivity contribution in [2.75, 3.05) is 6.54 Å². The number of hydrogen-bond acceptors (Lipinski definition) is 7. The fraction of sp³-hybridized carbons (Fsp3) is 0.136. The molecule has 2 heterocycles. The van der Waals surface area contributed by atoms with Crippen LogP contribution in [0.5, 0.6) is 17.4 Å². The maximum Gasteiger partial charge on any atom is 0.311 e. The molecule has 0 spiro atoms. The molecule has 0 unspecified atom stereocenters. The lowest BCUT2D eigenvalue weighted by Gasteiger charge is -2.07. The molecule has 1 aliphatic rings. The van der Waals surface area contributed by atoms with Gasteiger partial charge in [-0.05, 0) is 36.3 Å². The van der Waals surface area contributed by atoms with Crippen molar-refractivity contribution in [2.45, 2.75) is 13.0 Å². The Kier molecular flexibility index (Phi) is 5.59. The summed E-state index contributed by atoms with van der Waals surface area (Å²) in [5.41, 5.74) is 3.24. The minimum absolute atomic E-state index is 0.210. The Balaban J connectivity index is 1.41. The first-order chi connectivity index (χ1) is 14.9. The number of para-hydroxylation sites is 1. The lowest BCUT2D eigenvalue weighted by atomic mass is 10.1. The molecule has 0 bridgehead atoms. The van der Waals surface area contributed by atoms with Gasteiger partial charge in [0.2, 0.25) is 11.8 Å². The topological polar surface area (TPSA) is 124 Å². The van der Waals surface area contributed by atoms with E-state index < -0.39 is 10.8 Å². The molecule has 0 atom stereocenters. The maximum atomic E-state index is 12.3. The van der Waals surface area contributed by atoms with E-state index in [0.717, 1.165) is 38.3 Å². The molecule has 0 radical (unpaired) electrons. The van der Waals surface area contributed by atoms with E-state index in [1.165, 1.54) is 12.1 Å². The summed E-state index contributed by atoms with van der Waals surface area (Å²) in [6.45, 7) is -0.0390. The number of nitrogens with one attached hydrogen (secondary N) is 1. The van der Waals surface area contributed by atoms with Gasteiger partial charge in [-0.3, -0.25) is 19.1 Å². The molecule has 158 valence electrons. The highest BCUT2D eigenvalue weighted by molar-refractivity contribution is 7.10. The Morgan fingerprint density at radius 2 is 1.94 bits per heavy atom. The molecule has 3 aromatic rings. The third-order valence-electron chi connectivity index (χ3n) is 4.82. The largest absolute Gasteiger partial charge is 0.504 e. The first kappa shape index (κ1) is 20.4. The van der Waals surface area contributed by atoms with Crippen molar-refractivity contribution in [3.05, 3.63) is 68.1 Å². The van der Waals surface area contributed by atoms with Crippen LogP contribution in [0.3, 0.4) is 0 Å². The predicted octanol–water partition coefficient (Wildman–Crippen LogP) is 2.64. The Labute approximate surface area is 181 Å². The number of phenolic OH excluding ortho intramolecular Hbond substituents is 2. The SMILES string of the molecule is O=C(Cn1c(O)c(C=C2C=Nc3ccccc32)sc1=O)NCCc1ccc(O)c(O)c1. The minimum Gasteiger partial charge on any atom is -0.504 e. The molecule has 0 saturated carbocycles. The zero-order chi connectivity index (χ0) is 22.0. The summed E-state index contributed by atoms with van der Waals surface area (Å²) in [5.74, 6) is -1.13. The summed E-state index contributed by atoms with van der Waals surface area (Å²) in [6, 6.07) is 12.0. The zero-order valence-corrected chi connectivity index (χ0v) is 17.1. The molecule has 31 heavy (non-hydrogen) atoms. The number of benzene rings is 2. The average molecular weight is 437 g/mol. The molecule has 1 aliphatic heterocycles. The van der Waals surface area contributed by atoms with E-state index in [4.69, 9.17) is 0 Å². The summed E-state index contributed by atoms with van der Waals surface area (Å²) >= 11 is 0.856. The minimum atomic E-state index is -0.439. The average Bonchev–Trinajstić information content (AvgIpc) is 3.27. The first-order valence-electron chi connectivity index (χ1n) is 9.47. The van der Waals surface area contributed by atoms with Crippen LogP contribution >= 0.6 is 11.3 Å². The molecule has 1 aromatic heterocycles. The Morgan fingerprint density at radius 1 is 1.13 bits per heavy atom. The highest BCUT2D eigenvalue weighted by Gasteiger charge is 2.18. The van der Waals surface area contributed by atoms with Crippen LogP contribution in [0.25, 0.3) is 11.6 Å². The van der Waals surface area contributed by atoms with E-state index in [2.05, 4.69) is 10.3 Å². The number of phenols is 2. The fourth-order valence-electron chi connectivity index (χ4n) is 3.21. The third-order valence-corrected chi connectivity index (χ3v) is 5.73. The number of carbonyl (C=O) groups excluding carboxylic acids is 1. The lowest BCUT2D eigenvalue weighted by Crippen LogP contribution is -2.31. The van der Waals surface area contributed by atoms with Crippen LogP contribution in [0.1, 0.15) is 16.0 Å². The summed E-state index contributed by atoms with van der Waals surface area (Å²) < 4.78 is 1.02. The number of hydrogen-bond donors (Lipinski definition) is 4. The predicted molar refractivity (Wildman–Crippen MR) is 119 cm³/mol. The van der Waals surface area contributed by atoms with Gasteiger partial charge >= 0.3 is 4.87 Å². The molecule has 1 amide bonds. The number of fused-ring (bicyclic) bond motifs is 1. The van der Waals surface area contributed by atoms with Gasteiger partial charge in [0.1, 0.15) is 6.54 Å². The summed E-state index contributed by atoms with van der Waals surface area (Å²) in [5, 5.41) is 32.0. The normalized spacial score (nSPS) is 13.5. The maximum absolute atomic E-state index is 12.3. The second-order valence-electron chi connectivity index (χ2n) is 6.94. The number of carbonyl (C=O) groups is 1. The quantitative estimate of drug-likeness (QED) is 0.442. The van der Waals surface area contributed by atoms with Gasteiger partial charge in [0.15, 0.2) is 11.5 Å². The van der Waals surface area contributed by atoms with E-state index >= 15 is 0 Å². The van der Waals surface area contributed by atoms with E-state index in [-0.39, 0.29) is 30.5 Å². The van der Waals surface area contributed by atoms with Gasteiger partial charge in [0.05, 0.1) is 10.6 Å². The molecule has 8 nitrogen and oxygen atoms in total. The molecule has 9 heteroatoms. The number of aliphatic imine (C=N–C) groups is 1.